The van der Waals surface area contributed by atoms with E-state index in [4.69, 9.17) is 16.3 Å². The third kappa shape index (κ3) is 4.88. The summed E-state index contributed by atoms with van der Waals surface area (Å²) in [6.45, 7) is 2.62. The van der Waals surface area contributed by atoms with Crippen LogP contribution < -0.4 is 10.6 Å². The molecule has 138 valence electrons. The van der Waals surface area contributed by atoms with Crippen molar-refractivity contribution in [3.8, 4) is 0 Å². The fraction of sp³-hybridized carbons (Fsp3) is 0.588. The predicted octanol–water partition coefficient (Wildman–Crippen LogP) is 1.83. The highest BCUT2D eigenvalue weighted by molar-refractivity contribution is 6.30. The van der Waals surface area contributed by atoms with Crippen molar-refractivity contribution >= 4 is 17.5 Å². The maximum absolute atomic E-state index is 13.3. The van der Waals surface area contributed by atoms with E-state index in [0.29, 0.717) is 24.8 Å². The van der Waals surface area contributed by atoms with Crippen LogP contribution in [0.15, 0.2) is 24.3 Å². The molecule has 2 N–H and O–H groups in total. The Labute approximate surface area is 150 Å². The summed E-state index contributed by atoms with van der Waals surface area (Å²) in [6.07, 6.45) is -0.460. The number of carbonyl (C=O) groups is 1. The maximum atomic E-state index is 13.3. The molecule has 2 unspecified atom stereocenters. The first kappa shape index (κ1) is 18.5. The monoisotopic (exact) mass is 373 g/mol. The third-order valence-electron chi connectivity index (χ3n) is 4.62. The average Bonchev–Trinajstić information content (AvgIpc) is 2.96. The van der Waals surface area contributed by atoms with Crippen molar-refractivity contribution < 1.29 is 18.3 Å². The van der Waals surface area contributed by atoms with E-state index in [1.54, 1.807) is 6.07 Å². The quantitative estimate of drug-likeness (QED) is 0.826. The molecule has 0 radical (unpaired) electrons. The minimum atomic E-state index is -2.82. The molecule has 25 heavy (non-hydrogen) atoms. The van der Waals surface area contributed by atoms with Gasteiger partial charge in [0, 0.05) is 31.1 Å². The maximum Gasteiger partial charge on any atom is 0.262 e. The summed E-state index contributed by atoms with van der Waals surface area (Å²) in [6, 6.07) is 6.57. The van der Waals surface area contributed by atoms with Gasteiger partial charge in [-0.3, -0.25) is 15.0 Å². The molecule has 1 amide bonds. The summed E-state index contributed by atoms with van der Waals surface area (Å²) in [5.74, 6) is -3.21. The molecular formula is C17H22ClF2N3O2. The first-order chi connectivity index (χ1) is 11.9. The summed E-state index contributed by atoms with van der Waals surface area (Å²) >= 11 is 6.10. The molecule has 2 atom stereocenters. The van der Waals surface area contributed by atoms with Gasteiger partial charge in [0.25, 0.3) is 5.92 Å². The summed E-state index contributed by atoms with van der Waals surface area (Å²) in [4.78, 5) is 14.5. The van der Waals surface area contributed by atoms with Gasteiger partial charge in [-0.25, -0.2) is 8.78 Å². The van der Waals surface area contributed by atoms with Crippen molar-refractivity contribution in [3.63, 3.8) is 0 Å². The van der Waals surface area contributed by atoms with Crippen LogP contribution in [0.25, 0.3) is 0 Å². The number of morpholine rings is 1. The predicted molar refractivity (Wildman–Crippen MR) is 90.9 cm³/mol. The average molecular weight is 374 g/mol. The highest BCUT2D eigenvalue weighted by Gasteiger charge is 2.42. The van der Waals surface area contributed by atoms with Gasteiger partial charge in [-0.2, -0.15) is 0 Å². The minimum absolute atomic E-state index is 0.0755. The fourth-order valence-electron chi connectivity index (χ4n) is 3.28. The summed E-state index contributed by atoms with van der Waals surface area (Å²) in [7, 11) is 0. The van der Waals surface area contributed by atoms with Gasteiger partial charge in [-0.15, -0.1) is 0 Å². The smallest absolute Gasteiger partial charge is 0.262 e. The Morgan fingerprint density at radius 1 is 1.44 bits per heavy atom. The van der Waals surface area contributed by atoms with Gasteiger partial charge in [0.2, 0.25) is 5.91 Å². The van der Waals surface area contributed by atoms with Crippen LogP contribution in [0.2, 0.25) is 5.02 Å². The van der Waals surface area contributed by atoms with Gasteiger partial charge >= 0.3 is 0 Å². The first-order valence-corrected chi connectivity index (χ1v) is 8.79. The number of nitrogens with one attached hydrogen (secondary N) is 2. The lowest BCUT2D eigenvalue weighted by Gasteiger charge is -2.35. The molecule has 3 rings (SSSR count). The Bertz CT molecular complexity index is 611. The molecule has 5 nitrogen and oxygen atoms in total. The summed E-state index contributed by atoms with van der Waals surface area (Å²) in [5.41, 5.74) is 0.986. The lowest BCUT2D eigenvalue weighted by molar-refractivity contribution is -0.123. The number of nitrogens with zero attached hydrogens (tertiary/aromatic N) is 1. The van der Waals surface area contributed by atoms with Crippen molar-refractivity contribution in [1.29, 1.82) is 0 Å². The second kappa shape index (κ2) is 7.95. The SMILES string of the molecule is O=C(NCC(c1cccc(Cl)c1)N1CCOCC1)C1CC(F)(F)CN1. The minimum Gasteiger partial charge on any atom is -0.379 e. The number of amides is 1. The highest BCUT2D eigenvalue weighted by Crippen LogP contribution is 2.26. The fourth-order valence-corrected chi connectivity index (χ4v) is 3.48. The number of halogens is 3. The van der Waals surface area contributed by atoms with Gasteiger partial charge < -0.3 is 10.1 Å². The van der Waals surface area contributed by atoms with Crippen LogP contribution in [0.3, 0.4) is 0 Å². The molecule has 2 saturated heterocycles. The molecule has 1 aromatic rings. The second-order valence-corrected chi connectivity index (χ2v) is 6.89. The lowest BCUT2D eigenvalue weighted by Crippen LogP contribution is -2.47. The van der Waals surface area contributed by atoms with Crippen molar-refractivity contribution in [3.05, 3.63) is 34.9 Å². The van der Waals surface area contributed by atoms with Crippen LogP contribution in [0.1, 0.15) is 18.0 Å². The number of hydrogen-bond donors (Lipinski definition) is 2. The molecule has 2 heterocycles. The second-order valence-electron chi connectivity index (χ2n) is 6.46. The zero-order chi connectivity index (χ0) is 17.9. The molecule has 0 aliphatic carbocycles. The van der Waals surface area contributed by atoms with Gasteiger partial charge in [0.1, 0.15) is 0 Å². The Morgan fingerprint density at radius 2 is 2.20 bits per heavy atom. The van der Waals surface area contributed by atoms with E-state index >= 15 is 0 Å². The lowest BCUT2D eigenvalue weighted by atomic mass is 10.0. The third-order valence-corrected chi connectivity index (χ3v) is 4.85. The Balaban J connectivity index is 1.66. The van der Waals surface area contributed by atoms with E-state index in [9.17, 15) is 13.6 Å². The molecule has 1 aromatic carbocycles. The number of ether oxygens (including phenoxy) is 1. The van der Waals surface area contributed by atoms with Crippen LogP contribution in [0, 0.1) is 0 Å². The zero-order valence-electron chi connectivity index (χ0n) is 13.8. The normalized spacial score (nSPS) is 24.8. The van der Waals surface area contributed by atoms with Crippen LogP contribution >= 0.6 is 11.6 Å². The molecule has 2 aliphatic heterocycles. The Morgan fingerprint density at radius 3 is 2.84 bits per heavy atom. The Hall–Kier alpha value is -1.28. The van der Waals surface area contributed by atoms with E-state index in [1.807, 2.05) is 18.2 Å². The molecule has 0 saturated carbocycles. The number of benzene rings is 1. The van der Waals surface area contributed by atoms with Crippen molar-refractivity contribution in [2.24, 2.45) is 0 Å². The molecular weight excluding hydrogens is 352 g/mol. The van der Waals surface area contributed by atoms with E-state index in [2.05, 4.69) is 15.5 Å². The standard InChI is InChI=1S/C17H22ClF2N3O2/c18-13-3-1-2-12(8-13)15(23-4-6-25-7-5-23)10-21-16(24)14-9-17(19,20)11-22-14/h1-3,8,14-15,22H,4-7,9-11H2,(H,21,24). The van der Waals surface area contributed by atoms with Crippen molar-refractivity contribution in [1.82, 2.24) is 15.5 Å². The van der Waals surface area contributed by atoms with Gasteiger partial charge in [-0.05, 0) is 17.7 Å². The first-order valence-electron chi connectivity index (χ1n) is 8.41. The number of hydrogen-bond acceptors (Lipinski definition) is 4. The van der Waals surface area contributed by atoms with Gasteiger partial charge in [0.15, 0.2) is 0 Å². The van der Waals surface area contributed by atoms with E-state index in [-0.39, 0.29) is 6.04 Å². The molecule has 0 spiro atoms. The zero-order valence-corrected chi connectivity index (χ0v) is 14.6. The van der Waals surface area contributed by atoms with Gasteiger partial charge in [-0.1, -0.05) is 23.7 Å². The van der Waals surface area contributed by atoms with Crippen LogP contribution in [-0.2, 0) is 9.53 Å². The van der Waals surface area contributed by atoms with E-state index in [1.165, 1.54) is 0 Å². The van der Waals surface area contributed by atoms with Crippen LogP contribution in [-0.4, -0.2) is 62.2 Å². The number of rotatable bonds is 5. The largest absolute Gasteiger partial charge is 0.379 e. The Kier molecular flexibility index (Phi) is 5.89. The van der Waals surface area contributed by atoms with Crippen LogP contribution in [0.5, 0.6) is 0 Å². The van der Waals surface area contributed by atoms with Crippen LogP contribution in [0.4, 0.5) is 8.78 Å². The molecule has 8 heteroatoms. The van der Waals surface area contributed by atoms with Crippen molar-refractivity contribution in [2.45, 2.75) is 24.4 Å². The summed E-state index contributed by atoms with van der Waals surface area (Å²) in [5, 5.41) is 6.02. The van der Waals surface area contributed by atoms with E-state index in [0.717, 1.165) is 18.7 Å². The highest BCUT2D eigenvalue weighted by atomic mass is 35.5. The number of alkyl halides is 2. The van der Waals surface area contributed by atoms with E-state index < -0.39 is 30.8 Å². The molecule has 2 fully saturated rings. The molecule has 0 aromatic heterocycles. The number of carbonyl (C=O) groups excluding carboxylic acids is 1. The molecule has 0 bridgehead atoms. The van der Waals surface area contributed by atoms with Gasteiger partial charge in [0.05, 0.1) is 31.8 Å². The summed E-state index contributed by atoms with van der Waals surface area (Å²) < 4.78 is 31.9. The molecule has 2 aliphatic rings. The van der Waals surface area contributed by atoms with Crippen molar-refractivity contribution in [2.75, 3.05) is 39.4 Å². The topological polar surface area (TPSA) is 53.6 Å².